The van der Waals surface area contributed by atoms with Crippen LogP contribution in [0.25, 0.3) is 11.3 Å². The van der Waals surface area contributed by atoms with Gasteiger partial charge < -0.3 is 15.1 Å². The molecule has 0 aliphatic heterocycles. The summed E-state index contributed by atoms with van der Waals surface area (Å²) in [5, 5.41) is 19.9. The topological polar surface area (TPSA) is 73.7 Å². The monoisotopic (exact) mass is 416 g/mol. The number of hydrogen-bond acceptors (Lipinski definition) is 5. The lowest BCUT2D eigenvalue weighted by molar-refractivity contribution is -0.136. The Kier molecular flexibility index (Phi) is 7.70. The molecule has 0 unspecified atom stereocenters. The maximum absolute atomic E-state index is 10.9. The van der Waals surface area contributed by atoms with E-state index in [9.17, 15) is 9.90 Å². The molecular weight excluding hydrogens is 395 g/mol. The molecular formula is C18H22Cl2N2O3S. The summed E-state index contributed by atoms with van der Waals surface area (Å²) in [6, 6.07) is 5.41. The minimum absolute atomic E-state index is 0.0127. The minimum atomic E-state index is -0.878. The van der Waals surface area contributed by atoms with Gasteiger partial charge in [-0.1, -0.05) is 43.1 Å². The minimum Gasteiger partial charge on any atom is -0.481 e. The number of halogens is 2. The highest BCUT2D eigenvalue weighted by molar-refractivity contribution is 7.16. The second-order valence-corrected chi connectivity index (χ2v) is 8.23. The van der Waals surface area contributed by atoms with Crippen LogP contribution in [0, 0.1) is 5.92 Å². The van der Waals surface area contributed by atoms with Gasteiger partial charge in [0.2, 0.25) is 0 Å². The number of aliphatic hydroxyl groups is 1. The summed E-state index contributed by atoms with van der Waals surface area (Å²) >= 11 is 13.7. The first kappa shape index (κ1) is 21.0. The van der Waals surface area contributed by atoms with Crippen molar-refractivity contribution >= 4 is 45.6 Å². The molecule has 0 bridgehead atoms. The molecule has 142 valence electrons. The van der Waals surface area contributed by atoms with Crippen LogP contribution >= 0.6 is 34.5 Å². The molecule has 2 aromatic rings. The van der Waals surface area contributed by atoms with Gasteiger partial charge in [-0.05, 0) is 24.5 Å². The number of rotatable bonds is 9. The molecule has 0 aliphatic rings. The summed E-state index contributed by atoms with van der Waals surface area (Å²) in [5.74, 6) is -0.438. The van der Waals surface area contributed by atoms with Crippen molar-refractivity contribution in [2.24, 2.45) is 5.92 Å². The molecule has 0 aliphatic carbocycles. The number of aliphatic carboxylic acids is 1. The second-order valence-electron chi connectivity index (χ2n) is 6.35. The average Bonchev–Trinajstić information content (AvgIpc) is 2.96. The summed E-state index contributed by atoms with van der Waals surface area (Å²) in [7, 11) is 0. The third-order valence-corrected chi connectivity index (χ3v) is 5.59. The van der Waals surface area contributed by atoms with Crippen molar-refractivity contribution in [3.63, 3.8) is 0 Å². The zero-order chi connectivity index (χ0) is 19.3. The van der Waals surface area contributed by atoms with Crippen molar-refractivity contribution in [3.8, 4) is 11.3 Å². The number of anilines is 1. The highest BCUT2D eigenvalue weighted by Crippen LogP contribution is 2.37. The lowest BCUT2D eigenvalue weighted by Crippen LogP contribution is -2.29. The van der Waals surface area contributed by atoms with Gasteiger partial charge in [0.25, 0.3) is 0 Å². The Hall–Kier alpha value is -1.34. The molecule has 5 nitrogen and oxygen atoms in total. The summed E-state index contributed by atoms with van der Waals surface area (Å²) < 4.78 is 0. The Labute approximate surface area is 167 Å². The van der Waals surface area contributed by atoms with E-state index in [4.69, 9.17) is 33.3 Å². The molecule has 8 heteroatoms. The van der Waals surface area contributed by atoms with Crippen LogP contribution in [0.3, 0.4) is 0 Å². The van der Waals surface area contributed by atoms with Gasteiger partial charge in [0.05, 0.1) is 28.8 Å². The Morgan fingerprint density at radius 2 is 2.00 bits per heavy atom. The van der Waals surface area contributed by atoms with Gasteiger partial charge in [-0.25, -0.2) is 4.98 Å². The van der Waals surface area contributed by atoms with E-state index in [2.05, 4.69) is 13.8 Å². The average molecular weight is 417 g/mol. The van der Waals surface area contributed by atoms with E-state index in [1.807, 2.05) is 11.0 Å². The lowest BCUT2D eigenvalue weighted by atomic mass is 10.0. The second kappa shape index (κ2) is 9.55. The van der Waals surface area contributed by atoms with Gasteiger partial charge in [-0.3, -0.25) is 4.79 Å². The smallest absolute Gasteiger partial charge is 0.305 e. The van der Waals surface area contributed by atoms with E-state index in [0.29, 0.717) is 34.2 Å². The molecule has 1 heterocycles. The van der Waals surface area contributed by atoms with Crippen molar-refractivity contribution in [1.82, 2.24) is 4.98 Å². The number of nitrogens with zero attached hydrogens (tertiary/aromatic N) is 2. The fourth-order valence-electron chi connectivity index (χ4n) is 2.51. The standard InChI is InChI=1S/C18H22Cl2N2O3S/c1-11(2)9-15-17(12-3-4-13(19)14(20)10-12)21-18(26-15)22(7-8-23)6-5-16(24)25/h3-4,10-11,23H,5-9H2,1-2H3,(H,24,25). The van der Waals surface area contributed by atoms with Gasteiger partial charge in [0.15, 0.2) is 5.13 Å². The summed E-state index contributed by atoms with van der Waals surface area (Å²) in [6.07, 6.45) is 0.834. The van der Waals surface area contributed by atoms with Crippen molar-refractivity contribution < 1.29 is 15.0 Å². The predicted octanol–water partition coefficient (Wildman–Crippen LogP) is 4.59. The van der Waals surface area contributed by atoms with Crippen LogP contribution in [0.1, 0.15) is 25.1 Å². The highest BCUT2D eigenvalue weighted by Gasteiger charge is 2.19. The molecule has 0 spiro atoms. The largest absolute Gasteiger partial charge is 0.481 e. The van der Waals surface area contributed by atoms with Gasteiger partial charge in [-0.2, -0.15) is 0 Å². The predicted molar refractivity (Wildman–Crippen MR) is 108 cm³/mol. The number of carboxylic acids is 1. The third-order valence-electron chi connectivity index (χ3n) is 3.71. The summed E-state index contributed by atoms with van der Waals surface area (Å²) in [6.45, 7) is 4.83. The molecule has 0 radical (unpaired) electrons. The number of thiazole rings is 1. The SMILES string of the molecule is CC(C)Cc1sc(N(CCO)CCC(=O)O)nc1-c1ccc(Cl)c(Cl)c1. The maximum Gasteiger partial charge on any atom is 0.305 e. The number of benzene rings is 1. The molecule has 0 saturated carbocycles. The van der Waals surface area contributed by atoms with E-state index in [1.165, 1.54) is 11.3 Å². The first-order valence-corrected chi connectivity index (χ1v) is 9.91. The summed E-state index contributed by atoms with van der Waals surface area (Å²) in [4.78, 5) is 18.6. The fourth-order valence-corrected chi connectivity index (χ4v) is 4.15. The van der Waals surface area contributed by atoms with Crippen LogP contribution < -0.4 is 4.90 Å². The van der Waals surface area contributed by atoms with Crippen molar-refractivity contribution in [2.45, 2.75) is 26.7 Å². The Bertz CT molecular complexity index is 765. The lowest BCUT2D eigenvalue weighted by Gasteiger charge is -2.19. The number of aliphatic hydroxyl groups excluding tert-OH is 1. The van der Waals surface area contributed by atoms with Crippen LogP contribution in [-0.2, 0) is 11.2 Å². The van der Waals surface area contributed by atoms with Gasteiger partial charge in [0.1, 0.15) is 0 Å². The van der Waals surface area contributed by atoms with Crippen LogP contribution in [0.15, 0.2) is 18.2 Å². The third kappa shape index (κ3) is 5.58. The van der Waals surface area contributed by atoms with Crippen molar-refractivity contribution in [1.29, 1.82) is 0 Å². The van der Waals surface area contributed by atoms with Crippen molar-refractivity contribution in [2.75, 3.05) is 24.6 Å². The molecule has 0 atom stereocenters. The normalized spacial score (nSPS) is 11.2. The van der Waals surface area contributed by atoms with E-state index in [1.54, 1.807) is 12.1 Å². The highest BCUT2D eigenvalue weighted by atomic mass is 35.5. The number of aromatic nitrogens is 1. The van der Waals surface area contributed by atoms with E-state index >= 15 is 0 Å². The van der Waals surface area contributed by atoms with Crippen LogP contribution in [0.5, 0.6) is 0 Å². The quantitative estimate of drug-likeness (QED) is 0.625. The Morgan fingerprint density at radius 1 is 1.27 bits per heavy atom. The maximum atomic E-state index is 10.9. The van der Waals surface area contributed by atoms with E-state index in [-0.39, 0.29) is 13.0 Å². The molecule has 1 aromatic heterocycles. The van der Waals surface area contributed by atoms with Gasteiger partial charge >= 0.3 is 5.97 Å². The van der Waals surface area contributed by atoms with Crippen LogP contribution in [0.2, 0.25) is 10.0 Å². The van der Waals surface area contributed by atoms with E-state index < -0.39 is 5.97 Å². The first-order valence-electron chi connectivity index (χ1n) is 8.34. The van der Waals surface area contributed by atoms with E-state index in [0.717, 1.165) is 22.6 Å². The number of hydrogen-bond donors (Lipinski definition) is 2. The summed E-state index contributed by atoms with van der Waals surface area (Å²) in [5.41, 5.74) is 1.70. The molecule has 26 heavy (non-hydrogen) atoms. The molecule has 0 saturated heterocycles. The Balaban J connectivity index is 2.42. The molecule has 0 amide bonds. The van der Waals surface area contributed by atoms with Gasteiger partial charge in [0, 0.05) is 23.5 Å². The van der Waals surface area contributed by atoms with Crippen molar-refractivity contribution in [3.05, 3.63) is 33.1 Å². The molecule has 0 fully saturated rings. The zero-order valence-electron chi connectivity index (χ0n) is 14.7. The zero-order valence-corrected chi connectivity index (χ0v) is 17.0. The molecule has 2 rings (SSSR count). The number of carboxylic acid groups (broad SMARTS) is 1. The van der Waals surface area contributed by atoms with Gasteiger partial charge in [-0.15, -0.1) is 11.3 Å². The molecule has 2 N–H and O–H groups in total. The number of carbonyl (C=O) groups is 1. The van der Waals surface area contributed by atoms with Crippen LogP contribution in [0.4, 0.5) is 5.13 Å². The fraction of sp³-hybridized carbons (Fsp3) is 0.444. The van der Waals surface area contributed by atoms with Crippen LogP contribution in [-0.4, -0.2) is 40.9 Å². The molecule has 1 aromatic carbocycles. The first-order chi connectivity index (χ1) is 12.3. The Morgan fingerprint density at radius 3 is 2.58 bits per heavy atom.